The molecule has 1 heterocycles. The molecule has 3 rings (SSSR count). The van der Waals surface area contributed by atoms with Gasteiger partial charge in [-0.1, -0.05) is 26.2 Å². The van der Waals surface area contributed by atoms with E-state index in [4.69, 9.17) is 4.74 Å². The van der Waals surface area contributed by atoms with E-state index >= 15 is 0 Å². The molecule has 0 aliphatic heterocycles. The van der Waals surface area contributed by atoms with Gasteiger partial charge in [-0.2, -0.15) is 0 Å². The lowest BCUT2D eigenvalue weighted by Crippen LogP contribution is -2.64. The van der Waals surface area contributed by atoms with E-state index in [1.54, 1.807) is 0 Å². The average molecular weight is 308 g/mol. The lowest BCUT2D eigenvalue weighted by Gasteiger charge is -2.58. The van der Waals surface area contributed by atoms with Crippen molar-refractivity contribution in [2.24, 2.45) is 5.41 Å². The van der Waals surface area contributed by atoms with Gasteiger partial charge in [0, 0.05) is 29.5 Å². The fourth-order valence-electron chi connectivity index (χ4n) is 4.40. The van der Waals surface area contributed by atoms with E-state index in [0.717, 1.165) is 19.6 Å². The maximum absolute atomic E-state index is 6.05. The molecule has 0 amide bonds. The van der Waals surface area contributed by atoms with E-state index in [1.807, 2.05) is 11.3 Å². The molecule has 1 N–H and O–H groups in total. The van der Waals surface area contributed by atoms with E-state index in [-0.39, 0.29) is 0 Å². The monoisotopic (exact) mass is 307 g/mol. The second kappa shape index (κ2) is 6.80. The fraction of sp³-hybridized carbons (Fsp3) is 0.778. The zero-order chi connectivity index (χ0) is 14.7. The molecule has 1 aromatic rings. The molecule has 3 heteroatoms. The first-order chi connectivity index (χ1) is 10.3. The molecule has 0 aromatic carbocycles. The molecule has 2 saturated carbocycles. The molecule has 0 radical (unpaired) electrons. The van der Waals surface area contributed by atoms with Crippen LogP contribution < -0.4 is 5.32 Å². The number of thiophene rings is 1. The highest BCUT2D eigenvalue weighted by Gasteiger charge is 2.55. The van der Waals surface area contributed by atoms with Crippen LogP contribution in [0.15, 0.2) is 11.4 Å². The van der Waals surface area contributed by atoms with E-state index in [0.29, 0.717) is 17.6 Å². The second-order valence-electron chi connectivity index (χ2n) is 6.63. The van der Waals surface area contributed by atoms with Crippen LogP contribution in [0.2, 0.25) is 0 Å². The molecular weight excluding hydrogens is 278 g/mol. The van der Waals surface area contributed by atoms with Gasteiger partial charge in [0.15, 0.2) is 0 Å². The molecule has 0 bridgehead atoms. The molecule has 2 nitrogen and oxygen atoms in total. The van der Waals surface area contributed by atoms with Crippen molar-refractivity contribution in [2.45, 2.75) is 77.5 Å². The average Bonchev–Trinajstić information content (AvgIpc) is 2.98. The van der Waals surface area contributed by atoms with Crippen molar-refractivity contribution in [1.82, 2.24) is 5.32 Å². The molecule has 2 aliphatic rings. The summed E-state index contributed by atoms with van der Waals surface area (Å²) in [5.41, 5.74) is 1.96. The van der Waals surface area contributed by atoms with Gasteiger partial charge in [-0.15, -0.1) is 11.3 Å². The van der Waals surface area contributed by atoms with Crippen LogP contribution in [0.1, 0.15) is 62.8 Å². The van der Waals surface area contributed by atoms with Gasteiger partial charge in [0.05, 0.1) is 6.10 Å². The molecule has 1 aromatic heterocycles. The van der Waals surface area contributed by atoms with Gasteiger partial charge >= 0.3 is 0 Å². The normalized spacial score (nSPS) is 27.7. The second-order valence-corrected chi connectivity index (χ2v) is 7.63. The molecule has 2 unspecified atom stereocenters. The topological polar surface area (TPSA) is 21.3 Å². The first-order valence-electron chi connectivity index (χ1n) is 8.70. The Morgan fingerprint density at radius 1 is 1.29 bits per heavy atom. The summed E-state index contributed by atoms with van der Waals surface area (Å²) in [4.78, 5) is 1.53. The van der Waals surface area contributed by atoms with Gasteiger partial charge in [0.2, 0.25) is 0 Å². The van der Waals surface area contributed by atoms with Crippen molar-refractivity contribution < 1.29 is 4.74 Å². The fourth-order valence-corrected chi connectivity index (χ4v) is 5.33. The van der Waals surface area contributed by atoms with Gasteiger partial charge < -0.3 is 10.1 Å². The predicted molar refractivity (Wildman–Crippen MR) is 89.9 cm³/mol. The summed E-state index contributed by atoms with van der Waals surface area (Å²) >= 11 is 1.90. The third-order valence-electron chi connectivity index (χ3n) is 5.66. The summed E-state index contributed by atoms with van der Waals surface area (Å²) in [6, 6.07) is 2.95. The van der Waals surface area contributed by atoms with Crippen molar-refractivity contribution in [2.75, 3.05) is 6.61 Å². The Morgan fingerprint density at radius 3 is 2.81 bits per heavy atom. The summed E-state index contributed by atoms with van der Waals surface area (Å²) in [5.74, 6) is 0. The minimum absolute atomic E-state index is 0.442. The van der Waals surface area contributed by atoms with E-state index < -0.39 is 0 Å². The third-order valence-corrected chi connectivity index (χ3v) is 6.63. The molecule has 2 atom stereocenters. The number of rotatable bonds is 6. The van der Waals surface area contributed by atoms with Crippen LogP contribution >= 0.6 is 11.3 Å². The SMILES string of the molecule is CCOC1CC(NCc2sccc2CC)C12CCCCC2. The summed E-state index contributed by atoms with van der Waals surface area (Å²) in [7, 11) is 0. The van der Waals surface area contributed by atoms with Gasteiger partial charge in [0.1, 0.15) is 0 Å². The Kier molecular flexibility index (Phi) is 5.03. The molecule has 21 heavy (non-hydrogen) atoms. The Labute approximate surface area is 133 Å². The number of nitrogens with one attached hydrogen (secondary N) is 1. The lowest BCUT2D eigenvalue weighted by molar-refractivity contribution is -0.150. The maximum Gasteiger partial charge on any atom is 0.0661 e. The maximum atomic E-state index is 6.05. The Bertz CT molecular complexity index is 450. The molecule has 2 aliphatic carbocycles. The van der Waals surface area contributed by atoms with Gasteiger partial charge in [0.25, 0.3) is 0 Å². The Hall–Kier alpha value is -0.380. The Balaban J connectivity index is 1.62. The van der Waals surface area contributed by atoms with E-state index in [9.17, 15) is 0 Å². The van der Waals surface area contributed by atoms with Crippen LogP contribution in [0.4, 0.5) is 0 Å². The number of hydrogen-bond donors (Lipinski definition) is 1. The first-order valence-corrected chi connectivity index (χ1v) is 9.58. The molecule has 0 saturated heterocycles. The van der Waals surface area contributed by atoms with Crippen LogP contribution in [0, 0.1) is 5.41 Å². The third kappa shape index (κ3) is 2.93. The number of hydrogen-bond acceptors (Lipinski definition) is 3. The highest BCUT2D eigenvalue weighted by molar-refractivity contribution is 7.10. The first kappa shape index (κ1) is 15.5. The minimum Gasteiger partial charge on any atom is -0.378 e. The standard InChI is InChI=1S/C18H29NOS/c1-3-14-8-11-21-15(14)13-19-16-12-17(20-4-2)18(16)9-6-5-7-10-18/h8,11,16-17,19H,3-7,9-10,12-13H2,1-2H3. The molecule has 2 fully saturated rings. The minimum atomic E-state index is 0.442. The zero-order valence-electron chi connectivity index (χ0n) is 13.5. The molecular formula is C18H29NOS. The molecule has 1 spiro atoms. The quantitative estimate of drug-likeness (QED) is 0.834. The zero-order valence-corrected chi connectivity index (χ0v) is 14.3. The predicted octanol–water partition coefficient (Wildman–Crippen LogP) is 4.53. The van der Waals surface area contributed by atoms with Gasteiger partial charge in [-0.3, -0.25) is 0 Å². The number of ether oxygens (including phenoxy) is 1. The van der Waals surface area contributed by atoms with Crippen LogP contribution in [0.5, 0.6) is 0 Å². The van der Waals surface area contributed by atoms with Crippen molar-refractivity contribution in [3.05, 3.63) is 21.9 Å². The Morgan fingerprint density at radius 2 is 2.10 bits per heavy atom. The van der Waals surface area contributed by atoms with Crippen LogP contribution in [0.3, 0.4) is 0 Å². The van der Waals surface area contributed by atoms with Crippen molar-refractivity contribution in [1.29, 1.82) is 0 Å². The van der Waals surface area contributed by atoms with Crippen LogP contribution in [-0.4, -0.2) is 18.8 Å². The summed E-state index contributed by atoms with van der Waals surface area (Å²) in [5, 5.41) is 6.11. The van der Waals surface area contributed by atoms with Crippen LogP contribution in [-0.2, 0) is 17.7 Å². The van der Waals surface area contributed by atoms with E-state index in [1.165, 1.54) is 49.0 Å². The van der Waals surface area contributed by atoms with Crippen molar-refractivity contribution in [3.63, 3.8) is 0 Å². The van der Waals surface area contributed by atoms with Crippen molar-refractivity contribution in [3.8, 4) is 0 Å². The lowest BCUT2D eigenvalue weighted by atomic mass is 9.55. The van der Waals surface area contributed by atoms with Crippen LogP contribution in [0.25, 0.3) is 0 Å². The summed E-state index contributed by atoms with van der Waals surface area (Å²) in [6.07, 6.45) is 9.79. The van der Waals surface area contributed by atoms with E-state index in [2.05, 4.69) is 30.6 Å². The highest BCUT2D eigenvalue weighted by atomic mass is 32.1. The van der Waals surface area contributed by atoms with Crippen molar-refractivity contribution >= 4 is 11.3 Å². The van der Waals surface area contributed by atoms with Gasteiger partial charge in [-0.25, -0.2) is 0 Å². The summed E-state index contributed by atoms with van der Waals surface area (Å²) < 4.78 is 6.05. The largest absolute Gasteiger partial charge is 0.378 e. The highest BCUT2D eigenvalue weighted by Crippen LogP contribution is 2.53. The summed E-state index contributed by atoms with van der Waals surface area (Å²) in [6.45, 7) is 6.30. The number of aryl methyl sites for hydroxylation is 1. The smallest absolute Gasteiger partial charge is 0.0661 e. The molecule has 118 valence electrons. The van der Waals surface area contributed by atoms with Gasteiger partial charge in [-0.05, 0) is 49.6 Å².